The van der Waals surface area contributed by atoms with Crippen LogP contribution in [0, 0.1) is 0 Å². The molecule has 0 aliphatic heterocycles. The monoisotopic (exact) mass is 243 g/mol. The Morgan fingerprint density at radius 3 is 2.67 bits per heavy atom. The SMILES string of the molecule is CN(C(=O)c1ccc(NN)cn1)c1ccccn1. The number of nitrogens with one attached hydrogen (secondary N) is 1. The number of nitrogen functional groups attached to an aromatic ring is 1. The van der Waals surface area contributed by atoms with Gasteiger partial charge >= 0.3 is 0 Å². The van der Waals surface area contributed by atoms with Crippen molar-refractivity contribution in [2.24, 2.45) is 5.84 Å². The van der Waals surface area contributed by atoms with E-state index in [0.29, 0.717) is 17.2 Å². The quantitative estimate of drug-likeness (QED) is 0.621. The van der Waals surface area contributed by atoms with Gasteiger partial charge in [0.05, 0.1) is 11.9 Å². The lowest BCUT2D eigenvalue weighted by atomic mass is 10.3. The molecule has 6 nitrogen and oxygen atoms in total. The number of carbonyl (C=O) groups is 1. The molecular weight excluding hydrogens is 230 g/mol. The molecule has 0 aliphatic rings. The summed E-state index contributed by atoms with van der Waals surface area (Å²) in [6.07, 6.45) is 3.13. The van der Waals surface area contributed by atoms with Crippen molar-refractivity contribution in [1.29, 1.82) is 0 Å². The molecule has 0 aliphatic carbocycles. The number of anilines is 2. The Morgan fingerprint density at radius 2 is 2.11 bits per heavy atom. The van der Waals surface area contributed by atoms with Gasteiger partial charge in [-0.05, 0) is 24.3 Å². The van der Waals surface area contributed by atoms with Crippen LogP contribution in [0.1, 0.15) is 10.5 Å². The number of hydrogen-bond donors (Lipinski definition) is 2. The molecule has 2 heterocycles. The van der Waals surface area contributed by atoms with E-state index < -0.39 is 0 Å². The number of pyridine rings is 2. The number of aromatic nitrogens is 2. The molecule has 0 fully saturated rings. The summed E-state index contributed by atoms with van der Waals surface area (Å²) in [5, 5.41) is 0. The Hall–Kier alpha value is -2.47. The molecule has 0 unspecified atom stereocenters. The molecule has 6 heteroatoms. The first-order chi connectivity index (χ1) is 8.72. The van der Waals surface area contributed by atoms with Crippen LogP contribution in [-0.2, 0) is 0 Å². The van der Waals surface area contributed by atoms with E-state index in [1.54, 1.807) is 37.5 Å². The number of nitrogens with zero attached hydrogens (tertiary/aromatic N) is 3. The first-order valence-electron chi connectivity index (χ1n) is 5.34. The van der Waals surface area contributed by atoms with Crippen molar-refractivity contribution in [2.75, 3.05) is 17.4 Å². The van der Waals surface area contributed by atoms with Crippen molar-refractivity contribution >= 4 is 17.4 Å². The second kappa shape index (κ2) is 5.24. The van der Waals surface area contributed by atoms with Gasteiger partial charge in [0.2, 0.25) is 0 Å². The van der Waals surface area contributed by atoms with Crippen LogP contribution in [-0.4, -0.2) is 22.9 Å². The minimum atomic E-state index is -0.225. The van der Waals surface area contributed by atoms with Gasteiger partial charge in [-0.3, -0.25) is 15.5 Å². The lowest BCUT2D eigenvalue weighted by Crippen LogP contribution is -2.27. The maximum atomic E-state index is 12.1. The average Bonchev–Trinajstić information content (AvgIpc) is 2.47. The number of hydrazine groups is 1. The Morgan fingerprint density at radius 1 is 1.28 bits per heavy atom. The summed E-state index contributed by atoms with van der Waals surface area (Å²) in [5.74, 6) is 5.58. The van der Waals surface area contributed by atoms with Gasteiger partial charge in [-0.1, -0.05) is 6.07 Å². The van der Waals surface area contributed by atoms with Crippen LogP contribution >= 0.6 is 0 Å². The van der Waals surface area contributed by atoms with Crippen molar-refractivity contribution in [3.63, 3.8) is 0 Å². The Bertz CT molecular complexity index is 526. The predicted octanol–water partition coefficient (Wildman–Crippen LogP) is 1.04. The summed E-state index contributed by atoms with van der Waals surface area (Å²) in [5.41, 5.74) is 3.43. The summed E-state index contributed by atoms with van der Waals surface area (Å²) in [6.45, 7) is 0. The number of hydrogen-bond acceptors (Lipinski definition) is 5. The molecule has 0 radical (unpaired) electrons. The first-order valence-corrected chi connectivity index (χ1v) is 5.34. The minimum absolute atomic E-state index is 0.225. The van der Waals surface area contributed by atoms with Gasteiger partial charge in [0.15, 0.2) is 0 Å². The summed E-state index contributed by atoms with van der Waals surface area (Å²) in [6, 6.07) is 8.67. The van der Waals surface area contributed by atoms with E-state index in [2.05, 4.69) is 15.4 Å². The van der Waals surface area contributed by atoms with Crippen molar-refractivity contribution < 1.29 is 4.79 Å². The van der Waals surface area contributed by atoms with E-state index in [1.165, 1.54) is 11.1 Å². The zero-order chi connectivity index (χ0) is 13.0. The average molecular weight is 243 g/mol. The molecule has 18 heavy (non-hydrogen) atoms. The van der Waals surface area contributed by atoms with Crippen molar-refractivity contribution in [3.8, 4) is 0 Å². The van der Waals surface area contributed by atoms with E-state index in [-0.39, 0.29) is 5.91 Å². The number of amides is 1. The normalized spacial score (nSPS) is 9.89. The fourth-order valence-electron chi connectivity index (χ4n) is 1.43. The highest BCUT2D eigenvalue weighted by molar-refractivity contribution is 6.03. The van der Waals surface area contributed by atoms with Gasteiger partial charge < -0.3 is 5.43 Å². The zero-order valence-electron chi connectivity index (χ0n) is 9.87. The van der Waals surface area contributed by atoms with Crippen LogP contribution in [0.4, 0.5) is 11.5 Å². The fourth-order valence-corrected chi connectivity index (χ4v) is 1.43. The maximum Gasteiger partial charge on any atom is 0.277 e. The number of nitrogens with two attached hydrogens (primary N) is 1. The largest absolute Gasteiger partial charge is 0.323 e. The Balaban J connectivity index is 2.20. The number of rotatable bonds is 3. The second-order valence-corrected chi connectivity index (χ2v) is 3.63. The predicted molar refractivity (Wildman–Crippen MR) is 69.0 cm³/mol. The zero-order valence-corrected chi connectivity index (χ0v) is 9.87. The van der Waals surface area contributed by atoms with E-state index in [4.69, 9.17) is 5.84 Å². The lowest BCUT2D eigenvalue weighted by Gasteiger charge is -2.15. The van der Waals surface area contributed by atoms with Gasteiger partial charge in [-0.15, -0.1) is 0 Å². The molecule has 0 aromatic carbocycles. The molecule has 0 bridgehead atoms. The smallest absolute Gasteiger partial charge is 0.277 e. The molecule has 2 aromatic rings. The van der Waals surface area contributed by atoms with E-state index in [0.717, 1.165) is 0 Å². The molecule has 1 amide bonds. The second-order valence-electron chi connectivity index (χ2n) is 3.63. The van der Waals surface area contributed by atoms with Gasteiger partial charge in [0, 0.05) is 13.2 Å². The molecule has 2 aromatic heterocycles. The third-order valence-corrected chi connectivity index (χ3v) is 2.45. The Kier molecular flexibility index (Phi) is 3.49. The molecule has 0 saturated heterocycles. The standard InChI is InChI=1S/C12H13N5O/c1-17(11-4-2-3-7-14-11)12(18)10-6-5-9(16-13)8-15-10/h2-8,16H,13H2,1H3. The van der Waals surface area contributed by atoms with Crippen LogP contribution in [0.2, 0.25) is 0 Å². The third-order valence-electron chi connectivity index (χ3n) is 2.45. The molecule has 92 valence electrons. The third kappa shape index (κ3) is 2.44. The maximum absolute atomic E-state index is 12.1. The molecule has 0 atom stereocenters. The Labute approximate surface area is 104 Å². The van der Waals surface area contributed by atoms with Gasteiger partial charge in [0.1, 0.15) is 11.5 Å². The van der Waals surface area contributed by atoms with Crippen molar-refractivity contribution in [2.45, 2.75) is 0 Å². The lowest BCUT2D eigenvalue weighted by molar-refractivity contribution is 0.0987. The first kappa shape index (κ1) is 12.0. The molecule has 0 spiro atoms. The summed E-state index contributed by atoms with van der Waals surface area (Å²) < 4.78 is 0. The highest BCUT2D eigenvalue weighted by Crippen LogP contribution is 2.11. The number of carbonyl (C=O) groups excluding carboxylic acids is 1. The van der Waals surface area contributed by atoms with Gasteiger partial charge in [-0.2, -0.15) is 0 Å². The van der Waals surface area contributed by atoms with Crippen LogP contribution in [0.5, 0.6) is 0 Å². The van der Waals surface area contributed by atoms with Crippen LogP contribution in [0.25, 0.3) is 0 Å². The summed E-state index contributed by atoms with van der Waals surface area (Å²) in [4.78, 5) is 21.7. The van der Waals surface area contributed by atoms with E-state index >= 15 is 0 Å². The summed E-state index contributed by atoms with van der Waals surface area (Å²) >= 11 is 0. The van der Waals surface area contributed by atoms with Crippen molar-refractivity contribution in [3.05, 3.63) is 48.4 Å². The van der Waals surface area contributed by atoms with Crippen LogP contribution < -0.4 is 16.2 Å². The van der Waals surface area contributed by atoms with E-state index in [9.17, 15) is 4.79 Å². The molecule has 3 N–H and O–H groups in total. The van der Waals surface area contributed by atoms with E-state index in [1.807, 2.05) is 6.07 Å². The topological polar surface area (TPSA) is 84.1 Å². The molecule has 0 saturated carbocycles. The van der Waals surface area contributed by atoms with Gasteiger partial charge in [0.25, 0.3) is 5.91 Å². The molecule has 2 rings (SSSR count). The fraction of sp³-hybridized carbons (Fsp3) is 0.0833. The van der Waals surface area contributed by atoms with Crippen LogP contribution in [0.15, 0.2) is 42.7 Å². The van der Waals surface area contributed by atoms with Crippen LogP contribution in [0.3, 0.4) is 0 Å². The highest BCUT2D eigenvalue weighted by atomic mass is 16.2. The minimum Gasteiger partial charge on any atom is -0.323 e. The summed E-state index contributed by atoms with van der Waals surface area (Å²) in [7, 11) is 1.65. The highest BCUT2D eigenvalue weighted by Gasteiger charge is 2.15. The van der Waals surface area contributed by atoms with Gasteiger partial charge in [-0.25, -0.2) is 9.97 Å². The molecular formula is C12H13N5O. The van der Waals surface area contributed by atoms with Crippen molar-refractivity contribution in [1.82, 2.24) is 9.97 Å².